The lowest BCUT2D eigenvalue weighted by molar-refractivity contribution is 0.365. The molecule has 2 unspecified atom stereocenters. The Kier molecular flexibility index (Phi) is 4.12. The Labute approximate surface area is 114 Å². The molecule has 3 rings (SSSR count). The van der Waals surface area contributed by atoms with Gasteiger partial charge >= 0.3 is 0 Å². The fourth-order valence-corrected chi connectivity index (χ4v) is 3.33. The molecule has 2 fully saturated rings. The van der Waals surface area contributed by atoms with Gasteiger partial charge in [-0.2, -0.15) is 0 Å². The molecule has 2 aliphatic rings. The van der Waals surface area contributed by atoms with E-state index in [4.69, 9.17) is 0 Å². The summed E-state index contributed by atoms with van der Waals surface area (Å²) in [7, 11) is 0. The van der Waals surface area contributed by atoms with Gasteiger partial charge < -0.3 is 5.32 Å². The van der Waals surface area contributed by atoms with Crippen LogP contribution in [0.15, 0.2) is 18.5 Å². The zero-order valence-corrected chi connectivity index (χ0v) is 11.4. The minimum atomic E-state index is -0.120. The van der Waals surface area contributed by atoms with Gasteiger partial charge in [0.1, 0.15) is 5.82 Å². The largest absolute Gasteiger partial charge is 0.314 e. The first-order valence-electron chi connectivity index (χ1n) is 7.67. The van der Waals surface area contributed by atoms with Gasteiger partial charge in [0, 0.05) is 12.2 Å². The molecule has 2 nitrogen and oxygen atoms in total. The van der Waals surface area contributed by atoms with Crippen LogP contribution in [-0.2, 0) is 0 Å². The van der Waals surface area contributed by atoms with Gasteiger partial charge in [-0.15, -0.1) is 0 Å². The van der Waals surface area contributed by atoms with Crippen molar-refractivity contribution in [3.05, 3.63) is 29.8 Å². The maximum atomic E-state index is 14.0. The summed E-state index contributed by atoms with van der Waals surface area (Å²) in [5, 5.41) is 3.64. The van der Waals surface area contributed by atoms with E-state index in [9.17, 15) is 4.39 Å². The van der Waals surface area contributed by atoms with Crippen molar-refractivity contribution < 1.29 is 4.39 Å². The van der Waals surface area contributed by atoms with Crippen LogP contribution in [0.4, 0.5) is 4.39 Å². The molecule has 0 aliphatic heterocycles. The molecule has 2 aliphatic carbocycles. The van der Waals surface area contributed by atoms with Gasteiger partial charge in [-0.05, 0) is 55.7 Å². The molecule has 1 aromatic heterocycles. The Morgan fingerprint density at radius 2 is 2.00 bits per heavy atom. The molecule has 0 saturated heterocycles. The summed E-state index contributed by atoms with van der Waals surface area (Å²) in [6.45, 7) is 1.05. The van der Waals surface area contributed by atoms with E-state index < -0.39 is 0 Å². The number of nitrogens with zero attached hydrogens (tertiary/aromatic N) is 1. The van der Waals surface area contributed by atoms with Gasteiger partial charge in [-0.25, -0.2) is 4.39 Å². The van der Waals surface area contributed by atoms with E-state index in [1.54, 1.807) is 6.20 Å². The highest BCUT2D eigenvalue weighted by molar-refractivity contribution is 5.19. The van der Waals surface area contributed by atoms with E-state index in [-0.39, 0.29) is 5.82 Å². The van der Waals surface area contributed by atoms with E-state index in [0.29, 0.717) is 11.8 Å². The van der Waals surface area contributed by atoms with E-state index in [0.717, 1.165) is 24.6 Å². The minimum Gasteiger partial charge on any atom is -0.314 e. The van der Waals surface area contributed by atoms with Gasteiger partial charge in [0.2, 0.25) is 0 Å². The maximum Gasteiger partial charge on any atom is 0.144 e. The molecule has 0 bridgehead atoms. The normalized spacial score (nSPS) is 28.1. The number of hydrogen-bond acceptors (Lipinski definition) is 2. The molecule has 1 aromatic rings. The van der Waals surface area contributed by atoms with E-state index in [1.807, 2.05) is 6.07 Å². The zero-order chi connectivity index (χ0) is 13.1. The zero-order valence-electron chi connectivity index (χ0n) is 11.4. The third-order valence-corrected chi connectivity index (χ3v) is 4.61. The quantitative estimate of drug-likeness (QED) is 0.838. The topological polar surface area (TPSA) is 24.9 Å². The van der Waals surface area contributed by atoms with Crippen molar-refractivity contribution in [2.75, 3.05) is 6.54 Å². The van der Waals surface area contributed by atoms with Gasteiger partial charge in [0.15, 0.2) is 0 Å². The van der Waals surface area contributed by atoms with Crippen LogP contribution in [0.1, 0.15) is 56.4 Å². The predicted octanol–water partition coefficient (Wildman–Crippen LogP) is 3.64. The van der Waals surface area contributed by atoms with E-state index in [1.165, 1.54) is 44.7 Å². The first-order chi connectivity index (χ1) is 9.34. The number of pyridine rings is 1. The summed E-state index contributed by atoms with van der Waals surface area (Å²) in [6, 6.07) is 2.63. The summed E-state index contributed by atoms with van der Waals surface area (Å²) in [6.07, 6.45) is 11.9. The first-order valence-corrected chi connectivity index (χ1v) is 7.67. The van der Waals surface area contributed by atoms with Crippen molar-refractivity contribution in [3.63, 3.8) is 0 Å². The van der Waals surface area contributed by atoms with Gasteiger partial charge in [0.25, 0.3) is 0 Å². The van der Waals surface area contributed by atoms with Crippen LogP contribution in [0.5, 0.6) is 0 Å². The molecular formula is C16H23FN2. The predicted molar refractivity (Wildman–Crippen MR) is 74.5 cm³/mol. The molecule has 2 atom stereocenters. The van der Waals surface area contributed by atoms with Crippen LogP contribution in [0.25, 0.3) is 0 Å². The number of nitrogens with one attached hydrogen (secondary N) is 1. The molecule has 19 heavy (non-hydrogen) atoms. The van der Waals surface area contributed by atoms with Crippen molar-refractivity contribution >= 4 is 0 Å². The highest BCUT2D eigenvalue weighted by Gasteiger charge is 2.29. The second-order valence-corrected chi connectivity index (χ2v) is 6.08. The fourth-order valence-electron chi connectivity index (χ4n) is 3.33. The van der Waals surface area contributed by atoms with Crippen molar-refractivity contribution in [1.29, 1.82) is 0 Å². The maximum absolute atomic E-state index is 14.0. The summed E-state index contributed by atoms with van der Waals surface area (Å²) in [5.41, 5.74) is 0.888. The highest BCUT2D eigenvalue weighted by Crippen LogP contribution is 2.37. The average molecular weight is 262 g/mol. The van der Waals surface area contributed by atoms with Crippen molar-refractivity contribution in [1.82, 2.24) is 10.3 Å². The lowest BCUT2D eigenvalue weighted by Gasteiger charge is -2.26. The van der Waals surface area contributed by atoms with Crippen LogP contribution in [0, 0.1) is 11.7 Å². The highest BCUT2D eigenvalue weighted by atomic mass is 19.1. The number of halogens is 1. The Hall–Kier alpha value is -0.960. The smallest absolute Gasteiger partial charge is 0.144 e. The Balaban J connectivity index is 1.74. The van der Waals surface area contributed by atoms with Crippen LogP contribution in [-0.4, -0.2) is 17.6 Å². The van der Waals surface area contributed by atoms with Gasteiger partial charge in [-0.1, -0.05) is 19.3 Å². The Bertz CT molecular complexity index is 417. The molecule has 0 spiro atoms. The molecule has 1 heterocycles. The molecule has 2 saturated carbocycles. The van der Waals surface area contributed by atoms with Crippen LogP contribution < -0.4 is 5.32 Å². The molecule has 1 N–H and O–H groups in total. The van der Waals surface area contributed by atoms with Crippen molar-refractivity contribution in [3.8, 4) is 0 Å². The van der Waals surface area contributed by atoms with Gasteiger partial charge in [0.05, 0.1) is 6.20 Å². The summed E-state index contributed by atoms with van der Waals surface area (Å²) >= 11 is 0. The summed E-state index contributed by atoms with van der Waals surface area (Å²) in [5.74, 6) is 0.836. The molecular weight excluding hydrogens is 239 g/mol. The molecule has 0 amide bonds. The van der Waals surface area contributed by atoms with Crippen LogP contribution in [0.2, 0.25) is 0 Å². The minimum absolute atomic E-state index is 0.120. The van der Waals surface area contributed by atoms with Gasteiger partial charge in [-0.3, -0.25) is 4.98 Å². The third kappa shape index (κ3) is 3.33. The molecule has 0 radical (unpaired) electrons. The summed E-state index contributed by atoms with van der Waals surface area (Å²) in [4.78, 5) is 3.88. The molecule has 3 heteroatoms. The fraction of sp³-hybridized carbons (Fsp3) is 0.688. The standard InChI is InChI=1S/C16H23FN2/c17-16-11-18-9-8-15(16)14-5-3-1-2-4-12(14)10-19-13-6-7-13/h8-9,11-14,19H,1-7,10H2. The molecule has 104 valence electrons. The van der Waals surface area contributed by atoms with Crippen molar-refractivity contribution in [2.45, 2.75) is 56.9 Å². The van der Waals surface area contributed by atoms with E-state index >= 15 is 0 Å². The van der Waals surface area contributed by atoms with Crippen LogP contribution in [0.3, 0.4) is 0 Å². The Morgan fingerprint density at radius 3 is 2.79 bits per heavy atom. The monoisotopic (exact) mass is 262 g/mol. The second kappa shape index (κ2) is 6.00. The number of hydrogen-bond donors (Lipinski definition) is 1. The third-order valence-electron chi connectivity index (χ3n) is 4.61. The first kappa shape index (κ1) is 13.0. The average Bonchev–Trinajstić information content (AvgIpc) is 3.24. The second-order valence-electron chi connectivity index (χ2n) is 6.08. The lowest BCUT2D eigenvalue weighted by Crippen LogP contribution is -2.28. The number of rotatable bonds is 4. The summed E-state index contributed by atoms with van der Waals surface area (Å²) < 4.78 is 14.0. The Morgan fingerprint density at radius 1 is 1.16 bits per heavy atom. The lowest BCUT2D eigenvalue weighted by atomic mass is 9.82. The van der Waals surface area contributed by atoms with E-state index in [2.05, 4.69) is 10.3 Å². The van der Waals surface area contributed by atoms with Crippen LogP contribution >= 0.6 is 0 Å². The van der Waals surface area contributed by atoms with Crippen molar-refractivity contribution in [2.24, 2.45) is 5.92 Å². The number of aromatic nitrogens is 1. The SMILES string of the molecule is Fc1cnccc1C1CCCCCC1CNC1CC1. The molecule has 0 aromatic carbocycles.